The molecule has 140 valence electrons. The topological polar surface area (TPSA) is 84.5 Å². The summed E-state index contributed by atoms with van der Waals surface area (Å²) in [5.41, 5.74) is 1.68. The Labute approximate surface area is 154 Å². The van der Waals surface area contributed by atoms with Crippen LogP contribution < -0.4 is 14.8 Å². The lowest BCUT2D eigenvalue weighted by Crippen LogP contribution is -2.32. The third-order valence-corrected chi connectivity index (χ3v) is 5.32. The molecular formula is C19H24N2O4S. The summed E-state index contributed by atoms with van der Waals surface area (Å²) >= 11 is 0. The Balaban J connectivity index is 1.70. The number of hydrogen-bond donors (Lipinski definition) is 2. The molecule has 0 aromatic heterocycles. The zero-order valence-electron chi connectivity index (χ0n) is 15.0. The van der Waals surface area contributed by atoms with Gasteiger partial charge in [0.15, 0.2) is 0 Å². The molecule has 1 amide bonds. The Morgan fingerprint density at radius 3 is 2.46 bits per heavy atom. The number of carbonyl (C=O) groups excluding carboxylic acids is 1. The largest absolute Gasteiger partial charge is 0.492 e. The van der Waals surface area contributed by atoms with E-state index in [0.29, 0.717) is 18.7 Å². The first-order valence-corrected chi connectivity index (χ1v) is 9.88. The minimum absolute atomic E-state index is 0.0427. The molecule has 0 saturated heterocycles. The van der Waals surface area contributed by atoms with Gasteiger partial charge in [-0.15, -0.1) is 0 Å². The van der Waals surface area contributed by atoms with E-state index in [1.165, 1.54) is 0 Å². The molecule has 2 aromatic carbocycles. The van der Waals surface area contributed by atoms with Gasteiger partial charge in [-0.25, -0.2) is 13.1 Å². The standard InChI is InChI=1S/C19H24N2O4S/c1-15-8-9-18(16(2)14-15)26(23,24)21-11-10-19(22)20-12-13-25-17-6-4-3-5-7-17/h3-9,14,21H,10-13H2,1-2H3,(H,20,22). The van der Waals surface area contributed by atoms with E-state index in [9.17, 15) is 13.2 Å². The molecule has 2 N–H and O–H groups in total. The van der Waals surface area contributed by atoms with E-state index in [1.54, 1.807) is 19.1 Å². The van der Waals surface area contributed by atoms with E-state index >= 15 is 0 Å². The van der Waals surface area contributed by atoms with Gasteiger partial charge >= 0.3 is 0 Å². The molecule has 0 fully saturated rings. The lowest BCUT2D eigenvalue weighted by atomic mass is 10.2. The lowest BCUT2D eigenvalue weighted by molar-refractivity contribution is -0.121. The molecule has 0 spiro atoms. The van der Waals surface area contributed by atoms with Crippen LogP contribution in [0.4, 0.5) is 0 Å². The van der Waals surface area contributed by atoms with Crippen molar-refractivity contribution in [2.24, 2.45) is 0 Å². The Morgan fingerprint density at radius 2 is 1.77 bits per heavy atom. The lowest BCUT2D eigenvalue weighted by Gasteiger charge is -2.10. The highest BCUT2D eigenvalue weighted by atomic mass is 32.2. The first-order valence-electron chi connectivity index (χ1n) is 8.40. The smallest absolute Gasteiger partial charge is 0.240 e. The van der Waals surface area contributed by atoms with Gasteiger partial charge in [0.1, 0.15) is 12.4 Å². The fourth-order valence-electron chi connectivity index (χ4n) is 2.44. The third kappa shape index (κ3) is 6.16. The van der Waals surface area contributed by atoms with Crippen LogP contribution >= 0.6 is 0 Å². The van der Waals surface area contributed by atoms with Crippen LogP contribution in [0.5, 0.6) is 5.75 Å². The first kappa shape index (κ1) is 19.9. The van der Waals surface area contributed by atoms with E-state index in [-0.39, 0.29) is 23.8 Å². The molecule has 0 saturated carbocycles. The summed E-state index contributed by atoms with van der Waals surface area (Å²) in [4.78, 5) is 12.0. The van der Waals surface area contributed by atoms with Gasteiger partial charge in [0.25, 0.3) is 0 Å². The molecule has 2 rings (SSSR count). The van der Waals surface area contributed by atoms with Crippen molar-refractivity contribution in [1.29, 1.82) is 0 Å². The van der Waals surface area contributed by atoms with Crippen molar-refractivity contribution in [3.05, 3.63) is 59.7 Å². The zero-order chi connectivity index (χ0) is 19.0. The number of aryl methyl sites for hydroxylation is 2. The predicted octanol–water partition coefficient (Wildman–Crippen LogP) is 2.17. The summed E-state index contributed by atoms with van der Waals surface area (Å²) < 4.78 is 32.5. The summed E-state index contributed by atoms with van der Waals surface area (Å²) in [5, 5.41) is 2.70. The Hall–Kier alpha value is -2.38. The van der Waals surface area contributed by atoms with Crippen LogP contribution in [0.3, 0.4) is 0 Å². The maximum atomic E-state index is 12.3. The summed E-state index contributed by atoms with van der Waals surface area (Å²) in [6, 6.07) is 14.5. The van der Waals surface area contributed by atoms with E-state index in [1.807, 2.05) is 43.3 Å². The van der Waals surface area contributed by atoms with Crippen molar-refractivity contribution < 1.29 is 17.9 Å². The fourth-order valence-corrected chi connectivity index (χ4v) is 3.70. The van der Waals surface area contributed by atoms with Gasteiger partial charge in [0, 0.05) is 13.0 Å². The number of ether oxygens (including phenoxy) is 1. The average molecular weight is 376 g/mol. The zero-order valence-corrected chi connectivity index (χ0v) is 15.8. The monoisotopic (exact) mass is 376 g/mol. The van der Waals surface area contributed by atoms with Crippen molar-refractivity contribution in [2.75, 3.05) is 19.7 Å². The number of carbonyl (C=O) groups is 1. The Bertz CT molecular complexity index is 836. The molecule has 0 aliphatic heterocycles. The van der Waals surface area contributed by atoms with Crippen LogP contribution in [0, 0.1) is 13.8 Å². The second-order valence-electron chi connectivity index (χ2n) is 5.93. The summed E-state index contributed by atoms with van der Waals surface area (Å²) in [6.07, 6.45) is 0.0650. The van der Waals surface area contributed by atoms with Gasteiger partial charge < -0.3 is 10.1 Å². The number of benzene rings is 2. The van der Waals surface area contributed by atoms with Gasteiger partial charge in [-0.1, -0.05) is 35.9 Å². The van der Waals surface area contributed by atoms with Crippen LogP contribution in [0.25, 0.3) is 0 Å². The van der Waals surface area contributed by atoms with Gasteiger partial charge in [0.2, 0.25) is 15.9 Å². The predicted molar refractivity (Wildman–Crippen MR) is 101 cm³/mol. The number of amides is 1. The molecule has 0 aliphatic rings. The van der Waals surface area contributed by atoms with Crippen molar-refractivity contribution in [3.63, 3.8) is 0 Å². The molecule has 0 heterocycles. The number of rotatable bonds is 9. The number of hydrogen-bond acceptors (Lipinski definition) is 4. The second-order valence-corrected chi connectivity index (χ2v) is 7.66. The molecule has 6 nitrogen and oxygen atoms in total. The molecule has 2 aromatic rings. The number of para-hydroxylation sites is 1. The minimum Gasteiger partial charge on any atom is -0.492 e. The first-order chi connectivity index (χ1) is 12.4. The second kappa shape index (κ2) is 9.35. The third-order valence-electron chi connectivity index (χ3n) is 3.70. The van der Waals surface area contributed by atoms with Crippen molar-refractivity contribution in [1.82, 2.24) is 10.0 Å². The molecular weight excluding hydrogens is 352 g/mol. The molecule has 0 aliphatic carbocycles. The molecule has 0 radical (unpaired) electrons. The van der Waals surface area contributed by atoms with E-state index in [0.717, 1.165) is 11.3 Å². The highest BCUT2D eigenvalue weighted by Crippen LogP contribution is 2.16. The van der Waals surface area contributed by atoms with E-state index in [4.69, 9.17) is 4.74 Å². The SMILES string of the molecule is Cc1ccc(S(=O)(=O)NCCC(=O)NCCOc2ccccc2)c(C)c1. The van der Waals surface area contributed by atoms with Crippen LogP contribution in [-0.2, 0) is 14.8 Å². The van der Waals surface area contributed by atoms with Gasteiger partial charge in [-0.2, -0.15) is 0 Å². The van der Waals surface area contributed by atoms with Gasteiger partial charge in [0.05, 0.1) is 11.4 Å². The Kier molecular flexibility index (Phi) is 7.17. The van der Waals surface area contributed by atoms with E-state index in [2.05, 4.69) is 10.0 Å². The molecule has 0 atom stereocenters. The highest BCUT2D eigenvalue weighted by Gasteiger charge is 2.16. The number of nitrogens with one attached hydrogen (secondary N) is 2. The molecule has 0 bridgehead atoms. The maximum Gasteiger partial charge on any atom is 0.240 e. The fraction of sp³-hybridized carbons (Fsp3) is 0.316. The minimum atomic E-state index is -3.62. The summed E-state index contributed by atoms with van der Waals surface area (Å²) in [7, 11) is -3.62. The quantitative estimate of drug-likeness (QED) is 0.657. The van der Waals surface area contributed by atoms with Gasteiger partial charge in [-0.05, 0) is 37.6 Å². The molecule has 26 heavy (non-hydrogen) atoms. The van der Waals surface area contributed by atoms with E-state index < -0.39 is 10.0 Å². The van der Waals surface area contributed by atoms with Crippen LogP contribution in [0.2, 0.25) is 0 Å². The highest BCUT2D eigenvalue weighted by molar-refractivity contribution is 7.89. The van der Waals surface area contributed by atoms with Crippen LogP contribution in [-0.4, -0.2) is 34.0 Å². The summed E-state index contributed by atoms with van der Waals surface area (Å²) in [6.45, 7) is 4.41. The molecule has 0 unspecified atom stereocenters. The average Bonchev–Trinajstić information content (AvgIpc) is 2.59. The number of sulfonamides is 1. The van der Waals surface area contributed by atoms with Crippen molar-refractivity contribution >= 4 is 15.9 Å². The van der Waals surface area contributed by atoms with Crippen LogP contribution in [0.1, 0.15) is 17.5 Å². The molecule has 7 heteroatoms. The summed E-state index contributed by atoms with van der Waals surface area (Å²) in [5.74, 6) is 0.507. The maximum absolute atomic E-state index is 12.3. The van der Waals surface area contributed by atoms with Gasteiger partial charge in [-0.3, -0.25) is 4.79 Å². The van der Waals surface area contributed by atoms with Crippen molar-refractivity contribution in [2.45, 2.75) is 25.2 Å². The Morgan fingerprint density at radius 1 is 1.04 bits per heavy atom. The normalized spacial score (nSPS) is 11.2. The van der Waals surface area contributed by atoms with Crippen molar-refractivity contribution in [3.8, 4) is 5.75 Å². The van der Waals surface area contributed by atoms with Crippen LogP contribution in [0.15, 0.2) is 53.4 Å².